The van der Waals surface area contributed by atoms with Crippen LogP contribution < -0.4 is 10.7 Å². The molecule has 1 aromatic carbocycles. The number of aromatic nitrogens is 2. The number of nitrogens with zero attached hydrogens (tertiary/aromatic N) is 3. The summed E-state index contributed by atoms with van der Waals surface area (Å²) in [6.07, 6.45) is 4.30. The van der Waals surface area contributed by atoms with Crippen molar-refractivity contribution in [3.05, 3.63) is 36.2 Å². The Kier molecular flexibility index (Phi) is 5.99. The molecule has 0 aliphatic heterocycles. The van der Waals surface area contributed by atoms with Gasteiger partial charge in [0.1, 0.15) is 5.60 Å². The number of alkyl carbamates (subject to hydrolysis) is 1. The van der Waals surface area contributed by atoms with Gasteiger partial charge in [-0.05, 0) is 38.5 Å². The number of rotatable bonds is 5. The molecule has 0 saturated carbocycles. The molecule has 2 rings (SSSR count). The molecule has 0 aliphatic rings. The Bertz CT molecular complexity index is 783. The first-order chi connectivity index (χ1) is 11.8. The van der Waals surface area contributed by atoms with E-state index in [4.69, 9.17) is 4.74 Å². The molecule has 2 aromatic rings. The zero-order valence-electron chi connectivity index (χ0n) is 14.4. The summed E-state index contributed by atoms with van der Waals surface area (Å²) < 4.78 is 5.07. The van der Waals surface area contributed by atoms with Crippen molar-refractivity contribution in [3.8, 4) is 0 Å². The highest BCUT2D eigenvalue weighted by molar-refractivity contribution is 5.87. The topological polar surface area (TPSA) is 106 Å². The summed E-state index contributed by atoms with van der Waals surface area (Å²) in [7, 11) is 0. The second-order valence-electron chi connectivity index (χ2n) is 6.28. The minimum absolute atomic E-state index is 0.0970. The molecule has 1 aromatic heterocycles. The number of fused-ring (bicyclic) bond motifs is 1. The van der Waals surface area contributed by atoms with Crippen molar-refractivity contribution in [2.45, 2.75) is 32.8 Å². The third-order valence-corrected chi connectivity index (χ3v) is 2.92. The number of hydrogen-bond donors (Lipinski definition) is 2. The molecule has 0 fully saturated rings. The highest BCUT2D eigenvalue weighted by Gasteiger charge is 2.15. The van der Waals surface area contributed by atoms with Crippen molar-refractivity contribution in [2.24, 2.45) is 5.10 Å². The van der Waals surface area contributed by atoms with Crippen LogP contribution in [0.4, 0.5) is 4.79 Å². The molecule has 0 spiro atoms. The van der Waals surface area contributed by atoms with Crippen LogP contribution in [-0.4, -0.2) is 40.3 Å². The van der Waals surface area contributed by atoms with Gasteiger partial charge in [-0.2, -0.15) is 5.10 Å². The van der Waals surface area contributed by atoms with E-state index in [0.29, 0.717) is 0 Å². The molecule has 0 atom stereocenters. The summed E-state index contributed by atoms with van der Waals surface area (Å²) >= 11 is 0. The summed E-state index contributed by atoms with van der Waals surface area (Å²) in [5.74, 6) is -0.312. The lowest BCUT2D eigenvalue weighted by molar-refractivity contribution is -0.120. The Labute approximate surface area is 145 Å². The van der Waals surface area contributed by atoms with E-state index in [2.05, 4.69) is 25.8 Å². The fourth-order valence-electron chi connectivity index (χ4n) is 1.89. The second-order valence-corrected chi connectivity index (χ2v) is 6.28. The number of amides is 2. The highest BCUT2D eigenvalue weighted by Crippen LogP contribution is 2.09. The number of carbonyl (C=O) groups excluding carboxylic acids is 2. The molecule has 25 heavy (non-hydrogen) atoms. The fraction of sp³-hybridized carbons (Fsp3) is 0.353. The molecule has 0 saturated heterocycles. The number of hydrazone groups is 1. The number of carbonyl (C=O) groups is 2. The molecule has 2 N–H and O–H groups in total. The number of hydrogen-bond acceptors (Lipinski definition) is 6. The van der Waals surface area contributed by atoms with Gasteiger partial charge in [-0.1, -0.05) is 6.07 Å². The van der Waals surface area contributed by atoms with Gasteiger partial charge in [0.15, 0.2) is 0 Å². The monoisotopic (exact) mass is 343 g/mol. The van der Waals surface area contributed by atoms with Crippen molar-refractivity contribution in [3.63, 3.8) is 0 Å². The molecule has 1 heterocycles. The van der Waals surface area contributed by atoms with Crippen molar-refractivity contribution < 1.29 is 14.3 Å². The third-order valence-electron chi connectivity index (χ3n) is 2.92. The van der Waals surface area contributed by atoms with E-state index in [1.54, 1.807) is 33.2 Å². The average molecular weight is 343 g/mol. The highest BCUT2D eigenvalue weighted by atomic mass is 16.6. The maximum absolute atomic E-state index is 11.7. The van der Waals surface area contributed by atoms with Gasteiger partial charge in [0, 0.05) is 25.4 Å². The molecule has 0 aliphatic carbocycles. The molecular formula is C17H21N5O3. The molecule has 8 heteroatoms. The van der Waals surface area contributed by atoms with Gasteiger partial charge in [-0.15, -0.1) is 0 Å². The molecule has 0 radical (unpaired) electrons. The van der Waals surface area contributed by atoms with Crippen LogP contribution in [0.2, 0.25) is 0 Å². The number of benzene rings is 1. The number of ether oxygens (including phenoxy) is 1. The van der Waals surface area contributed by atoms with Crippen LogP contribution in [0.25, 0.3) is 11.0 Å². The summed E-state index contributed by atoms with van der Waals surface area (Å²) in [5.41, 5.74) is 4.16. The van der Waals surface area contributed by atoms with Crippen molar-refractivity contribution in [2.75, 3.05) is 6.54 Å². The maximum Gasteiger partial charge on any atom is 0.407 e. The SMILES string of the molecule is CC(C)(C)OC(=O)NCCC(=O)N/N=C\c1ccc2nccnc2c1. The van der Waals surface area contributed by atoms with Gasteiger partial charge in [0.25, 0.3) is 0 Å². The molecule has 0 bridgehead atoms. The minimum Gasteiger partial charge on any atom is -0.444 e. The predicted octanol–water partition coefficient (Wildman–Crippen LogP) is 1.99. The van der Waals surface area contributed by atoms with Gasteiger partial charge in [-0.25, -0.2) is 10.2 Å². The van der Waals surface area contributed by atoms with Crippen molar-refractivity contribution in [1.82, 2.24) is 20.7 Å². The van der Waals surface area contributed by atoms with Gasteiger partial charge in [0.2, 0.25) is 5.91 Å². The lowest BCUT2D eigenvalue weighted by Gasteiger charge is -2.19. The van der Waals surface area contributed by atoms with E-state index in [1.807, 2.05) is 18.2 Å². The Hall–Kier alpha value is -3.03. The Morgan fingerprint density at radius 3 is 2.64 bits per heavy atom. The Morgan fingerprint density at radius 2 is 1.92 bits per heavy atom. The van der Waals surface area contributed by atoms with Gasteiger partial charge in [-0.3, -0.25) is 14.8 Å². The first kappa shape index (κ1) is 18.3. The van der Waals surface area contributed by atoms with Crippen LogP contribution in [0.5, 0.6) is 0 Å². The third kappa shape index (κ3) is 6.54. The van der Waals surface area contributed by atoms with Crippen LogP contribution in [0.3, 0.4) is 0 Å². The summed E-state index contributed by atoms with van der Waals surface area (Å²) in [6.45, 7) is 5.48. The Balaban J connectivity index is 1.75. The van der Waals surface area contributed by atoms with E-state index in [0.717, 1.165) is 16.6 Å². The van der Waals surface area contributed by atoms with Gasteiger partial charge in [0.05, 0.1) is 17.2 Å². The van der Waals surface area contributed by atoms with E-state index in [-0.39, 0.29) is 18.9 Å². The average Bonchev–Trinajstić information content (AvgIpc) is 2.53. The van der Waals surface area contributed by atoms with E-state index >= 15 is 0 Å². The minimum atomic E-state index is -0.569. The molecule has 0 unspecified atom stereocenters. The summed E-state index contributed by atoms with van der Waals surface area (Å²) in [5, 5.41) is 6.40. The van der Waals surface area contributed by atoms with Gasteiger partial charge >= 0.3 is 6.09 Å². The van der Waals surface area contributed by atoms with Crippen LogP contribution in [0.15, 0.2) is 35.7 Å². The van der Waals surface area contributed by atoms with Crippen molar-refractivity contribution in [1.29, 1.82) is 0 Å². The van der Waals surface area contributed by atoms with Crippen LogP contribution >= 0.6 is 0 Å². The lowest BCUT2D eigenvalue weighted by atomic mass is 10.2. The van der Waals surface area contributed by atoms with Gasteiger partial charge < -0.3 is 10.1 Å². The smallest absolute Gasteiger partial charge is 0.407 e. The standard InChI is InChI=1S/C17H21N5O3/c1-17(2,3)25-16(24)20-7-6-15(23)22-21-11-12-4-5-13-14(10-12)19-9-8-18-13/h4-5,8-11H,6-7H2,1-3H3,(H,20,24)(H,22,23)/b21-11-. The Morgan fingerprint density at radius 1 is 1.20 bits per heavy atom. The number of nitrogens with one attached hydrogen (secondary N) is 2. The van der Waals surface area contributed by atoms with E-state index in [1.165, 1.54) is 6.21 Å². The largest absolute Gasteiger partial charge is 0.444 e. The summed E-state index contributed by atoms with van der Waals surface area (Å²) in [6, 6.07) is 5.48. The second kappa shape index (κ2) is 8.18. The van der Waals surface area contributed by atoms with Crippen LogP contribution in [-0.2, 0) is 9.53 Å². The lowest BCUT2D eigenvalue weighted by Crippen LogP contribution is -2.34. The molecule has 8 nitrogen and oxygen atoms in total. The maximum atomic E-state index is 11.7. The van der Waals surface area contributed by atoms with Crippen LogP contribution in [0, 0.1) is 0 Å². The zero-order chi connectivity index (χ0) is 18.3. The van der Waals surface area contributed by atoms with E-state index < -0.39 is 11.7 Å². The predicted molar refractivity (Wildman–Crippen MR) is 94.1 cm³/mol. The van der Waals surface area contributed by atoms with E-state index in [9.17, 15) is 9.59 Å². The van der Waals surface area contributed by atoms with Crippen LogP contribution in [0.1, 0.15) is 32.8 Å². The fourth-order valence-corrected chi connectivity index (χ4v) is 1.89. The molecule has 2 amide bonds. The van der Waals surface area contributed by atoms with Crippen molar-refractivity contribution >= 4 is 29.2 Å². The zero-order valence-corrected chi connectivity index (χ0v) is 14.4. The first-order valence-electron chi connectivity index (χ1n) is 7.83. The quantitative estimate of drug-likeness (QED) is 0.638. The first-order valence-corrected chi connectivity index (χ1v) is 7.83. The normalized spacial score (nSPS) is 11.5. The summed E-state index contributed by atoms with van der Waals surface area (Å²) in [4.78, 5) is 31.5. The molecule has 132 valence electrons. The molecular weight excluding hydrogens is 322 g/mol.